The van der Waals surface area contributed by atoms with Crippen LogP contribution >= 0.6 is 34.8 Å². The maximum atomic E-state index is 11.8. The maximum absolute atomic E-state index is 11.8. The highest BCUT2D eigenvalue weighted by atomic mass is 35.5. The van der Waals surface area contributed by atoms with Crippen molar-refractivity contribution in [3.63, 3.8) is 0 Å². The lowest BCUT2D eigenvalue weighted by Crippen LogP contribution is -2.34. The number of carbonyl (C=O) groups is 1. The second-order valence-electron chi connectivity index (χ2n) is 3.88. The van der Waals surface area contributed by atoms with Crippen LogP contribution in [0.1, 0.15) is 13.8 Å². The number of nitrogens with one attached hydrogen (secondary N) is 1. The smallest absolute Gasteiger partial charge is 0.228 e. The van der Waals surface area contributed by atoms with Crippen LogP contribution in [0.3, 0.4) is 0 Å². The molecule has 1 rings (SSSR count). The Kier molecular flexibility index (Phi) is 5.07. The van der Waals surface area contributed by atoms with Gasteiger partial charge in [0, 0.05) is 11.1 Å². The fraction of sp³-hybridized carbons (Fsp3) is 0.364. The molecule has 3 nitrogen and oxygen atoms in total. The van der Waals surface area contributed by atoms with Crippen molar-refractivity contribution < 1.29 is 4.79 Å². The van der Waals surface area contributed by atoms with Gasteiger partial charge in [0.2, 0.25) is 5.91 Å². The van der Waals surface area contributed by atoms with Crippen molar-refractivity contribution in [2.75, 3.05) is 5.32 Å². The number of hydrogen-bond acceptors (Lipinski definition) is 2. The van der Waals surface area contributed by atoms with Gasteiger partial charge in [-0.2, -0.15) is 0 Å². The molecule has 17 heavy (non-hydrogen) atoms. The van der Waals surface area contributed by atoms with Crippen LogP contribution in [0.2, 0.25) is 15.1 Å². The van der Waals surface area contributed by atoms with E-state index in [1.54, 1.807) is 13.8 Å². The minimum absolute atomic E-state index is 0.230. The number of nitrogens with two attached hydrogens (primary N) is 1. The molecule has 1 amide bonds. The Bertz CT molecular complexity index is 412. The average Bonchev–Trinajstić information content (AvgIpc) is 2.21. The van der Waals surface area contributed by atoms with Crippen molar-refractivity contribution >= 4 is 46.4 Å². The van der Waals surface area contributed by atoms with Crippen molar-refractivity contribution in [2.24, 2.45) is 11.7 Å². The fourth-order valence-corrected chi connectivity index (χ4v) is 2.05. The Morgan fingerprint density at radius 1 is 1.24 bits per heavy atom. The van der Waals surface area contributed by atoms with Crippen LogP contribution in [0.5, 0.6) is 0 Å². The highest BCUT2D eigenvalue weighted by molar-refractivity contribution is 6.42. The first-order valence-electron chi connectivity index (χ1n) is 5.04. The van der Waals surface area contributed by atoms with E-state index in [0.717, 1.165) is 0 Å². The summed E-state index contributed by atoms with van der Waals surface area (Å²) in [6.45, 7) is 3.49. The van der Waals surface area contributed by atoms with Gasteiger partial charge >= 0.3 is 0 Å². The zero-order valence-corrected chi connectivity index (χ0v) is 11.7. The quantitative estimate of drug-likeness (QED) is 0.895. The molecule has 0 aliphatic carbocycles. The molecule has 0 aromatic heterocycles. The maximum Gasteiger partial charge on any atom is 0.228 e. The predicted octanol–water partition coefficient (Wildman–Crippen LogP) is 3.57. The van der Waals surface area contributed by atoms with Gasteiger partial charge in [-0.1, -0.05) is 41.7 Å². The predicted molar refractivity (Wildman–Crippen MR) is 72.9 cm³/mol. The van der Waals surface area contributed by atoms with E-state index in [1.807, 2.05) is 0 Å². The minimum Gasteiger partial charge on any atom is -0.327 e. The summed E-state index contributed by atoms with van der Waals surface area (Å²) in [5, 5.41) is 3.66. The molecule has 0 radical (unpaired) electrons. The molecule has 0 saturated heterocycles. The average molecular weight is 296 g/mol. The summed E-state index contributed by atoms with van der Waals surface area (Å²) < 4.78 is 0. The number of anilines is 1. The fourth-order valence-electron chi connectivity index (χ4n) is 1.14. The Morgan fingerprint density at radius 3 is 2.12 bits per heavy atom. The van der Waals surface area contributed by atoms with E-state index in [1.165, 1.54) is 12.1 Å². The van der Waals surface area contributed by atoms with Crippen molar-refractivity contribution in [1.82, 2.24) is 0 Å². The molecule has 1 aromatic carbocycles. The van der Waals surface area contributed by atoms with Gasteiger partial charge in [0.1, 0.15) is 0 Å². The van der Waals surface area contributed by atoms with Crippen LogP contribution in [0.4, 0.5) is 5.69 Å². The number of halogens is 3. The molecule has 0 fully saturated rings. The van der Waals surface area contributed by atoms with E-state index in [9.17, 15) is 4.79 Å². The Hall–Kier alpha value is -0.480. The summed E-state index contributed by atoms with van der Waals surface area (Å²) >= 11 is 17.7. The lowest BCUT2D eigenvalue weighted by molar-refractivity contribution is -0.119. The van der Waals surface area contributed by atoms with E-state index in [4.69, 9.17) is 40.5 Å². The van der Waals surface area contributed by atoms with Gasteiger partial charge in [-0.25, -0.2) is 0 Å². The van der Waals surface area contributed by atoms with Gasteiger partial charge in [0.25, 0.3) is 0 Å². The SMILES string of the molecule is CC(N)C(C)C(=O)Nc1c(Cl)cc(Cl)cc1Cl. The lowest BCUT2D eigenvalue weighted by Gasteiger charge is -2.16. The first-order chi connectivity index (χ1) is 7.82. The molecular weight excluding hydrogens is 282 g/mol. The van der Waals surface area contributed by atoms with Crippen molar-refractivity contribution in [2.45, 2.75) is 19.9 Å². The largest absolute Gasteiger partial charge is 0.327 e. The Balaban J connectivity index is 2.93. The van der Waals surface area contributed by atoms with E-state index in [0.29, 0.717) is 20.8 Å². The van der Waals surface area contributed by atoms with Crippen LogP contribution in [0, 0.1) is 5.92 Å². The van der Waals surface area contributed by atoms with Gasteiger partial charge in [-0.05, 0) is 19.1 Å². The third kappa shape index (κ3) is 3.75. The number of carbonyl (C=O) groups excluding carboxylic acids is 1. The standard InChI is InChI=1S/C11H13Cl3N2O/c1-5(6(2)15)11(17)16-10-8(13)3-7(12)4-9(10)14/h3-6H,15H2,1-2H3,(H,16,17). The molecule has 0 saturated carbocycles. The van der Waals surface area contributed by atoms with E-state index in [2.05, 4.69) is 5.32 Å². The monoisotopic (exact) mass is 294 g/mol. The third-order valence-corrected chi connectivity index (χ3v) is 3.27. The Morgan fingerprint density at radius 2 is 1.71 bits per heavy atom. The second kappa shape index (κ2) is 5.91. The first-order valence-corrected chi connectivity index (χ1v) is 6.17. The molecule has 6 heteroatoms. The summed E-state index contributed by atoms with van der Waals surface area (Å²) in [5.41, 5.74) is 6.00. The van der Waals surface area contributed by atoms with E-state index < -0.39 is 0 Å². The Labute approximate surface area is 115 Å². The van der Waals surface area contributed by atoms with Gasteiger partial charge in [-0.15, -0.1) is 0 Å². The zero-order chi connectivity index (χ0) is 13.2. The number of amides is 1. The molecule has 2 unspecified atom stereocenters. The molecule has 3 N–H and O–H groups in total. The van der Waals surface area contributed by atoms with Gasteiger partial charge in [0.15, 0.2) is 0 Å². The summed E-state index contributed by atoms with van der Waals surface area (Å²) in [6, 6.07) is 2.78. The number of rotatable bonds is 3. The molecule has 0 heterocycles. The topological polar surface area (TPSA) is 55.1 Å². The molecular formula is C11H13Cl3N2O. The molecule has 0 spiro atoms. The van der Waals surface area contributed by atoms with Gasteiger partial charge < -0.3 is 11.1 Å². The van der Waals surface area contributed by atoms with Crippen LogP contribution in [-0.2, 0) is 4.79 Å². The summed E-state index contributed by atoms with van der Waals surface area (Å²) in [4.78, 5) is 11.8. The van der Waals surface area contributed by atoms with Crippen LogP contribution in [-0.4, -0.2) is 11.9 Å². The van der Waals surface area contributed by atoms with E-state index in [-0.39, 0.29) is 17.9 Å². The van der Waals surface area contributed by atoms with Crippen LogP contribution in [0.15, 0.2) is 12.1 Å². The highest BCUT2D eigenvalue weighted by Gasteiger charge is 2.19. The van der Waals surface area contributed by atoms with Gasteiger partial charge in [-0.3, -0.25) is 4.79 Å². The van der Waals surface area contributed by atoms with Crippen molar-refractivity contribution in [3.8, 4) is 0 Å². The molecule has 0 aliphatic rings. The third-order valence-electron chi connectivity index (χ3n) is 2.46. The zero-order valence-electron chi connectivity index (χ0n) is 9.43. The minimum atomic E-state index is -0.335. The summed E-state index contributed by atoms with van der Waals surface area (Å²) in [5.74, 6) is -0.566. The molecule has 0 bridgehead atoms. The molecule has 0 aliphatic heterocycles. The normalized spacial score (nSPS) is 14.2. The molecule has 1 aromatic rings. The van der Waals surface area contributed by atoms with Crippen LogP contribution < -0.4 is 11.1 Å². The molecule has 2 atom stereocenters. The first kappa shape index (κ1) is 14.6. The summed E-state index contributed by atoms with van der Waals surface area (Å²) in [6.07, 6.45) is 0. The second-order valence-corrected chi connectivity index (χ2v) is 5.13. The van der Waals surface area contributed by atoms with Crippen molar-refractivity contribution in [3.05, 3.63) is 27.2 Å². The highest BCUT2D eigenvalue weighted by Crippen LogP contribution is 2.33. The van der Waals surface area contributed by atoms with Crippen LogP contribution in [0.25, 0.3) is 0 Å². The summed E-state index contributed by atoms with van der Waals surface area (Å²) in [7, 11) is 0. The van der Waals surface area contributed by atoms with Gasteiger partial charge in [0.05, 0.1) is 21.7 Å². The molecule has 94 valence electrons. The van der Waals surface area contributed by atoms with E-state index >= 15 is 0 Å². The van der Waals surface area contributed by atoms with Crippen molar-refractivity contribution in [1.29, 1.82) is 0 Å². The number of hydrogen-bond donors (Lipinski definition) is 2. The lowest BCUT2D eigenvalue weighted by atomic mass is 10.0. The number of benzene rings is 1.